The highest BCUT2D eigenvalue weighted by molar-refractivity contribution is 5.89. The average Bonchev–Trinajstić information content (AvgIpc) is 2.40. The van der Waals surface area contributed by atoms with Crippen LogP contribution >= 0.6 is 0 Å². The molecule has 1 aromatic carbocycles. The zero-order valence-electron chi connectivity index (χ0n) is 11.3. The van der Waals surface area contributed by atoms with Crippen LogP contribution in [0.15, 0.2) is 18.2 Å². The molecule has 1 aromatic rings. The summed E-state index contributed by atoms with van der Waals surface area (Å²) in [6.45, 7) is 3.97. The lowest BCUT2D eigenvalue weighted by Gasteiger charge is -2.02. The zero-order chi connectivity index (χ0) is 14.3. The maximum Gasteiger partial charge on any atom is 0.337 e. The summed E-state index contributed by atoms with van der Waals surface area (Å²) in [5.41, 5.74) is 2.07. The molecule has 0 bridgehead atoms. The van der Waals surface area contributed by atoms with Crippen LogP contribution in [-0.2, 0) is 14.3 Å². The molecule has 0 radical (unpaired) electrons. The van der Waals surface area contributed by atoms with Gasteiger partial charge in [0.05, 0.1) is 19.3 Å². The Hall–Kier alpha value is -2.28. The molecule has 0 N–H and O–H groups in total. The van der Waals surface area contributed by atoms with E-state index in [0.717, 1.165) is 5.56 Å². The Morgan fingerprint density at radius 2 is 2.05 bits per heavy atom. The highest BCUT2D eigenvalue weighted by Gasteiger charge is 2.06. The summed E-state index contributed by atoms with van der Waals surface area (Å²) >= 11 is 0. The minimum absolute atomic E-state index is 0.0374. The monoisotopic (exact) mass is 260 g/mol. The fourth-order valence-corrected chi connectivity index (χ4v) is 1.43. The summed E-state index contributed by atoms with van der Waals surface area (Å²) < 4.78 is 9.42. The van der Waals surface area contributed by atoms with Crippen molar-refractivity contribution in [3.63, 3.8) is 0 Å². The summed E-state index contributed by atoms with van der Waals surface area (Å²) in [7, 11) is 1.33. The van der Waals surface area contributed by atoms with E-state index in [1.807, 2.05) is 6.92 Å². The van der Waals surface area contributed by atoms with E-state index < -0.39 is 5.97 Å². The Kier molecular flexibility index (Phi) is 5.62. The Morgan fingerprint density at radius 1 is 1.32 bits per heavy atom. The third-order valence-electron chi connectivity index (χ3n) is 2.42. The maximum absolute atomic E-state index is 11.4. The van der Waals surface area contributed by atoms with E-state index in [-0.39, 0.29) is 12.4 Å². The number of benzene rings is 1. The second-order valence-corrected chi connectivity index (χ2v) is 3.80. The standard InChI is InChI=1S/C15H16O4/c1-4-19-14(16)7-5-6-12-10-13(15(17)18-3)9-8-11(12)2/h8-10H,4,7H2,1-3H3. The van der Waals surface area contributed by atoms with Crippen LogP contribution in [0.5, 0.6) is 0 Å². The van der Waals surface area contributed by atoms with Gasteiger partial charge in [-0.25, -0.2) is 4.79 Å². The van der Waals surface area contributed by atoms with Crippen LogP contribution in [0.3, 0.4) is 0 Å². The molecule has 0 aliphatic rings. The van der Waals surface area contributed by atoms with Gasteiger partial charge in [-0.1, -0.05) is 17.9 Å². The molecule has 19 heavy (non-hydrogen) atoms. The lowest BCUT2D eigenvalue weighted by molar-refractivity contribution is -0.141. The molecular weight excluding hydrogens is 244 g/mol. The van der Waals surface area contributed by atoms with E-state index in [4.69, 9.17) is 4.74 Å². The van der Waals surface area contributed by atoms with E-state index >= 15 is 0 Å². The minimum Gasteiger partial charge on any atom is -0.465 e. The minimum atomic E-state index is -0.409. The van der Waals surface area contributed by atoms with Crippen LogP contribution < -0.4 is 0 Å². The first-order valence-corrected chi connectivity index (χ1v) is 5.92. The molecule has 0 atom stereocenters. The molecule has 0 aliphatic heterocycles. The van der Waals surface area contributed by atoms with Crippen molar-refractivity contribution in [2.24, 2.45) is 0 Å². The van der Waals surface area contributed by atoms with Gasteiger partial charge in [0, 0.05) is 5.56 Å². The number of hydrogen-bond donors (Lipinski definition) is 0. The topological polar surface area (TPSA) is 52.6 Å². The smallest absolute Gasteiger partial charge is 0.337 e. The summed E-state index contributed by atoms with van der Waals surface area (Å²) in [5, 5.41) is 0. The van der Waals surface area contributed by atoms with Crippen molar-refractivity contribution in [1.29, 1.82) is 0 Å². The molecular formula is C15H16O4. The normalized spacial score (nSPS) is 9.21. The van der Waals surface area contributed by atoms with Gasteiger partial charge in [0.15, 0.2) is 0 Å². The van der Waals surface area contributed by atoms with Gasteiger partial charge in [-0.05, 0) is 31.5 Å². The van der Waals surface area contributed by atoms with Crippen LogP contribution in [-0.4, -0.2) is 25.7 Å². The van der Waals surface area contributed by atoms with E-state index in [2.05, 4.69) is 16.6 Å². The molecule has 0 spiro atoms. The molecule has 4 heteroatoms. The number of rotatable bonds is 3. The molecule has 0 amide bonds. The van der Waals surface area contributed by atoms with Gasteiger partial charge in [-0.2, -0.15) is 0 Å². The fraction of sp³-hybridized carbons (Fsp3) is 0.333. The molecule has 0 unspecified atom stereocenters. The lowest BCUT2D eigenvalue weighted by atomic mass is 10.1. The number of hydrogen-bond acceptors (Lipinski definition) is 4. The molecule has 0 aliphatic carbocycles. The highest BCUT2D eigenvalue weighted by atomic mass is 16.5. The number of carbonyl (C=O) groups is 2. The summed E-state index contributed by atoms with van der Waals surface area (Å²) in [4.78, 5) is 22.5. The second-order valence-electron chi connectivity index (χ2n) is 3.80. The number of methoxy groups -OCH3 is 1. The third-order valence-corrected chi connectivity index (χ3v) is 2.42. The first kappa shape index (κ1) is 14.8. The van der Waals surface area contributed by atoms with Gasteiger partial charge in [0.2, 0.25) is 0 Å². The van der Waals surface area contributed by atoms with E-state index in [1.165, 1.54) is 7.11 Å². The number of carbonyl (C=O) groups excluding carboxylic acids is 2. The molecule has 0 aromatic heterocycles. The SMILES string of the molecule is CCOC(=O)CC#Cc1cc(C(=O)OC)ccc1C. The fourth-order valence-electron chi connectivity index (χ4n) is 1.43. The Labute approximate surface area is 112 Å². The molecule has 4 nitrogen and oxygen atoms in total. The van der Waals surface area contributed by atoms with Crippen molar-refractivity contribution in [1.82, 2.24) is 0 Å². The van der Waals surface area contributed by atoms with E-state index in [0.29, 0.717) is 17.7 Å². The van der Waals surface area contributed by atoms with Crippen molar-refractivity contribution < 1.29 is 19.1 Å². The van der Waals surface area contributed by atoms with Gasteiger partial charge in [-0.3, -0.25) is 4.79 Å². The Bertz CT molecular complexity index is 535. The molecule has 0 saturated carbocycles. The molecule has 100 valence electrons. The summed E-state index contributed by atoms with van der Waals surface area (Å²) in [5.74, 6) is 4.84. The summed E-state index contributed by atoms with van der Waals surface area (Å²) in [6.07, 6.45) is 0.0374. The second kappa shape index (κ2) is 7.22. The van der Waals surface area contributed by atoms with E-state index in [9.17, 15) is 9.59 Å². The van der Waals surface area contributed by atoms with Crippen LogP contribution in [0.2, 0.25) is 0 Å². The van der Waals surface area contributed by atoms with Gasteiger partial charge >= 0.3 is 11.9 Å². The maximum atomic E-state index is 11.4. The number of esters is 2. The van der Waals surface area contributed by atoms with Crippen LogP contribution in [0.25, 0.3) is 0 Å². The van der Waals surface area contributed by atoms with Gasteiger partial charge in [-0.15, -0.1) is 0 Å². The largest absolute Gasteiger partial charge is 0.465 e. The van der Waals surface area contributed by atoms with Crippen LogP contribution in [0.4, 0.5) is 0 Å². The van der Waals surface area contributed by atoms with Gasteiger partial charge < -0.3 is 9.47 Å². The quantitative estimate of drug-likeness (QED) is 0.617. The van der Waals surface area contributed by atoms with Crippen LogP contribution in [0, 0.1) is 18.8 Å². The van der Waals surface area contributed by atoms with Crippen molar-refractivity contribution >= 4 is 11.9 Å². The molecule has 0 heterocycles. The first-order valence-electron chi connectivity index (χ1n) is 5.92. The molecule has 0 saturated heterocycles. The van der Waals surface area contributed by atoms with Gasteiger partial charge in [0.1, 0.15) is 6.42 Å². The Morgan fingerprint density at radius 3 is 2.68 bits per heavy atom. The Balaban J connectivity index is 2.86. The lowest BCUT2D eigenvalue weighted by Crippen LogP contribution is -2.02. The molecule has 1 rings (SSSR count). The average molecular weight is 260 g/mol. The molecule has 0 fully saturated rings. The third kappa shape index (κ3) is 4.47. The van der Waals surface area contributed by atoms with E-state index in [1.54, 1.807) is 25.1 Å². The first-order chi connectivity index (χ1) is 9.08. The predicted octanol–water partition coefficient (Wildman–Crippen LogP) is 2.09. The van der Waals surface area contributed by atoms with Crippen molar-refractivity contribution in [3.05, 3.63) is 34.9 Å². The van der Waals surface area contributed by atoms with Crippen LogP contribution in [0.1, 0.15) is 34.8 Å². The highest BCUT2D eigenvalue weighted by Crippen LogP contribution is 2.11. The number of aryl methyl sites for hydroxylation is 1. The number of ether oxygens (including phenoxy) is 2. The van der Waals surface area contributed by atoms with Crippen molar-refractivity contribution in [3.8, 4) is 11.8 Å². The summed E-state index contributed by atoms with van der Waals surface area (Å²) in [6, 6.07) is 5.12. The van der Waals surface area contributed by atoms with Crippen molar-refractivity contribution in [2.45, 2.75) is 20.3 Å². The van der Waals surface area contributed by atoms with Crippen molar-refractivity contribution in [2.75, 3.05) is 13.7 Å². The zero-order valence-corrected chi connectivity index (χ0v) is 11.3. The van der Waals surface area contributed by atoms with Gasteiger partial charge in [0.25, 0.3) is 0 Å². The predicted molar refractivity (Wildman–Crippen MR) is 70.6 cm³/mol.